The highest BCUT2D eigenvalue weighted by Crippen LogP contribution is 2.42. The summed E-state index contributed by atoms with van der Waals surface area (Å²) >= 11 is 3.40. The van der Waals surface area contributed by atoms with Crippen LogP contribution < -0.4 is 4.90 Å². The highest BCUT2D eigenvalue weighted by molar-refractivity contribution is 9.10. The lowest BCUT2D eigenvalue weighted by molar-refractivity contribution is -0.123. The quantitative estimate of drug-likeness (QED) is 0.496. The van der Waals surface area contributed by atoms with Crippen LogP contribution in [0.1, 0.15) is 30.4 Å². The van der Waals surface area contributed by atoms with Crippen LogP contribution in [0.15, 0.2) is 89.4 Å². The average molecular weight is 519 g/mol. The third-order valence-corrected chi connectivity index (χ3v) is 7.73. The molecule has 0 aliphatic carbocycles. The van der Waals surface area contributed by atoms with Gasteiger partial charge >= 0.3 is 0 Å². The van der Waals surface area contributed by atoms with E-state index in [1.807, 2.05) is 72.8 Å². The van der Waals surface area contributed by atoms with Crippen molar-refractivity contribution in [2.45, 2.75) is 30.9 Å². The number of carbonyl (C=O) groups excluding carboxylic acids is 2. The Labute approximate surface area is 208 Å². The van der Waals surface area contributed by atoms with E-state index in [9.17, 15) is 14.7 Å². The maximum Gasteiger partial charge on any atom is 0.251 e. The van der Waals surface area contributed by atoms with Crippen LogP contribution >= 0.6 is 15.9 Å². The summed E-state index contributed by atoms with van der Waals surface area (Å²) in [7, 11) is 0. The Bertz CT molecular complexity index is 1120. The molecule has 34 heavy (non-hydrogen) atoms. The van der Waals surface area contributed by atoms with Crippen LogP contribution in [0.2, 0.25) is 0 Å². The van der Waals surface area contributed by atoms with Crippen molar-refractivity contribution < 1.29 is 14.7 Å². The topological polar surface area (TPSA) is 60.9 Å². The molecule has 0 bridgehead atoms. The van der Waals surface area contributed by atoms with Crippen molar-refractivity contribution in [3.8, 4) is 0 Å². The monoisotopic (exact) mass is 518 g/mol. The number of hydrogen-bond donors (Lipinski definition) is 1. The normalized spacial score (nSPS) is 20.2. The molecule has 2 saturated heterocycles. The summed E-state index contributed by atoms with van der Waals surface area (Å²) < 4.78 is 0.901. The summed E-state index contributed by atoms with van der Waals surface area (Å²) in [5.41, 5.74) is 1.27. The molecule has 1 N–H and O–H groups in total. The molecule has 2 heterocycles. The third-order valence-electron chi connectivity index (χ3n) is 7.20. The van der Waals surface area contributed by atoms with Crippen molar-refractivity contribution in [3.05, 3.63) is 101 Å². The van der Waals surface area contributed by atoms with Gasteiger partial charge in [-0.2, -0.15) is 0 Å². The summed E-state index contributed by atoms with van der Waals surface area (Å²) in [6.45, 7) is 1.31. The maximum absolute atomic E-state index is 13.2. The van der Waals surface area contributed by atoms with Gasteiger partial charge in [0.2, 0.25) is 5.91 Å². The minimum atomic E-state index is -1.10. The summed E-state index contributed by atoms with van der Waals surface area (Å²) in [5.74, 6) is -0.319. The van der Waals surface area contributed by atoms with Crippen LogP contribution in [0.3, 0.4) is 0 Å². The zero-order valence-electron chi connectivity index (χ0n) is 18.8. The van der Waals surface area contributed by atoms with Gasteiger partial charge in [-0.25, -0.2) is 4.90 Å². The second-order valence-corrected chi connectivity index (χ2v) is 9.99. The summed E-state index contributed by atoms with van der Waals surface area (Å²) in [4.78, 5) is 29.4. The standard InChI is InChI=1S/C28H27BrN2O3/c29-23-11-13-24(14-12-23)31-26(32)19-25(27(31)33)30-17-15-22(16-18-30)28(34,20-7-3-1-4-8-20)21-9-5-2-6-10-21/h1-14,22,25,34H,15-19H2/t25-/m1/s1. The number of imide groups is 1. The van der Waals surface area contributed by atoms with E-state index in [0.717, 1.165) is 28.4 Å². The number of carbonyl (C=O) groups is 2. The van der Waals surface area contributed by atoms with Gasteiger partial charge in [0.15, 0.2) is 0 Å². The Morgan fingerprint density at radius 1 is 0.794 bits per heavy atom. The van der Waals surface area contributed by atoms with E-state index in [-0.39, 0.29) is 24.2 Å². The first-order chi connectivity index (χ1) is 16.5. The maximum atomic E-state index is 13.2. The minimum Gasteiger partial charge on any atom is -0.380 e. The van der Waals surface area contributed by atoms with Crippen LogP contribution in [0, 0.1) is 5.92 Å². The zero-order chi connectivity index (χ0) is 23.7. The number of piperidine rings is 1. The lowest BCUT2D eigenvalue weighted by Crippen LogP contribution is -2.49. The molecule has 5 nitrogen and oxygen atoms in total. The number of likely N-dealkylation sites (tertiary alicyclic amines) is 1. The van der Waals surface area contributed by atoms with E-state index in [1.165, 1.54) is 4.90 Å². The second kappa shape index (κ2) is 9.45. The molecule has 5 rings (SSSR count). The molecule has 2 aliphatic rings. The predicted molar refractivity (Wildman–Crippen MR) is 135 cm³/mol. The molecule has 0 unspecified atom stereocenters. The van der Waals surface area contributed by atoms with Gasteiger partial charge in [0.1, 0.15) is 5.60 Å². The highest BCUT2D eigenvalue weighted by atomic mass is 79.9. The number of rotatable bonds is 5. The van der Waals surface area contributed by atoms with Crippen molar-refractivity contribution in [1.29, 1.82) is 0 Å². The number of amides is 2. The average Bonchev–Trinajstić information content (AvgIpc) is 3.19. The number of hydrogen-bond acceptors (Lipinski definition) is 4. The second-order valence-electron chi connectivity index (χ2n) is 9.07. The molecule has 0 aromatic heterocycles. The fourth-order valence-electron chi connectivity index (χ4n) is 5.41. The number of nitrogens with zero attached hydrogens (tertiary/aromatic N) is 2. The molecule has 2 fully saturated rings. The lowest BCUT2D eigenvalue weighted by Gasteiger charge is -2.43. The Hall–Kier alpha value is -2.80. The van der Waals surface area contributed by atoms with E-state index < -0.39 is 11.6 Å². The van der Waals surface area contributed by atoms with E-state index in [4.69, 9.17) is 0 Å². The molecule has 0 spiro atoms. The Morgan fingerprint density at radius 2 is 1.32 bits per heavy atom. The van der Waals surface area contributed by atoms with Crippen LogP contribution in [0.4, 0.5) is 5.69 Å². The largest absolute Gasteiger partial charge is 0.380 e. The predicted octanol–water partition coefficient (Wildman–Crippen LogP) is 4.73. The van der Waals surface area contributed by atoms with Gasteiger partial charge in [0.05, 0.1) is 18.2 Å². The van der Waals surface area contributed by atoms with Crippen molar-refractivity contribution >= 4 is 33.4 Å². The van der Waals surface area contributed by atoms with Crippen molar-refractivity contribution in [3.63, 3.8) is 0 Å². The van der Waals surface area contributed by atoms with Gasteiger partial charge in [0, 0.05) is 4.47 Å². The van der Waals surface area contributed by atoms with Gasteiger partial charge in [0.25, 0.3) is 5.91 Å². The van der Waals surface area contributed by atoms with Crippen LogP contribution in [0.5, 0.6) is 0 Å². The molecule has 3 aromatic carbocycles. The van der Waals surface area contributed by atoms with Crippen molar-refractivity contribution in [1.82, 2.24) is 4.90 Å². The first kappa shape index (κ1) is 23.0. The molecular formula is C28H27BrN2O3. The van der Waals surface area contributed by atoms with Gasteiger partial charge < -0.3 is 5.11 Å². The zero-order valence-corrected chi connectivity index (χ0v) is 20.4. The van der Waals surface area contributed by atoms with E-state index in [1.54, 1.807) is 12.1 Å². The third kappa shape index (κ3) is 4.11. The Balaban J connectivity index is 1.34. The molecule has 0 radical (unpaired) electrons. The number of anilines is 1. The van der Waals surface area contributed by atoms with Crippen LogP contribution in [-0.2, 0) is 15.2 Å². The molecule has 1 atom stereocenters. The van der Waals surface area contributed by atoms with E-state index >= 15 is 0 Å². The molecular weight excluding hydrogens is 492 g/mol. The Kier molecular flexibility index (Phi) is 6.38. The minimum absolute atomic E-state index is 0.00309. The van der Waals surface area contributed by atoms with Gasteiger partial charge in [-0.1, -0.05) is 76.6 Å². The molecule has 174 valence electrons. The molecule has 0 saturated carbocycles. The molecule has 6 heteroatoms. The molecule has 2 amide bonds. The molecule has 2 aliphatic heterocycles. The SMILES string of the molecule is O=C1C[C@@H](N2CCC(C(O)(c3ccccc3)c3ccccc3)CC2)C(=O)N1c1ccc(Br)cc1. The van der Waals surface area contributed by atoms with Crippen LogP contribution in [0.25, 0.3) is 0 Å². The lowest BCUT2D eigenvalue weighted by atomic mass is 9.72. The first-order valence-electron chi connectivity index (χ1n) is 11.7. The van der Waals surface area contributed by atoms with Crippen molar-refractivity contribution in [2.75, 3.05) is 18.0 Å². The van der Waals surface area contributed by atoms with Gasteiger partial charge in [-0.3, -0.25) is 14.5 Å². The first-order valence-corrected chi connectivity index (χ1v) is 12.5. The highest BCUT2D eigenvalue weighted by Gasteiger charge is 2.46. The summed E-state index contributed by atoms with van der Waals surface area (Å²) in [6, 6.07) is 26.5. The smallest absolute Gasteiger partial charge is 0.251 e. The van der Waals surface area contributed by atoms with Gasteiger partial charge in [-0.15, -0.1) is 0 Å². The van der Waals surface area contributed by atoms with Gasteiger partial charge in [-0.05, 0) is 67.2 Å². The number of aliphatic hydroxyl groups is 1. The molecule has 3 aromatic rings. The van der Waals surface area contributed by atoms with Crippen molar-refractivity contribution in [2.24, 2.45) is 5.92 Å². The van der Waals surface area contributed by atoms with Crippen LogP contribution in [-0.4, -0.2) is 41.0 Å². The number of halogens is 1. The summed E-state index contributed by atoms with van der Waals surface area (Å²) in [5, 5.41) is 12.1. The van der Waals surface area contributed by atoms with E-state index in [0.29, 0.717) is 18.8 Å². The summed E-state index contributed by atoms with van der Waals surface area (Å²) in [6.07, 6.45) is 1.66. The fourth-order valence-corrected chi connectivity index (χ4v) is 5.68. The van der Waals surface area contributed by atoms with E-state index in [2.05, 4.69) is 20.8 Å². The number of benzene rings is 3. The Morgan fingerprint density at radius 3 is 1.85 bits per heavy atom. The fraction of sp³-hybridized carbons (Fsp3) is 0.286.